The number of hydrogen-bond acceptors (Lipinski definition) is 5. The lowest BCUT2D eigenvalue weighted by Gasteiger charge is -2.46. The summed E-state index contributed by atoms with van der Waals surface area (Å²) in [6.07, 6.45) is 9.05. The molecule has 0 bridgehead atoms. The van der Waals surface area contributed by atoms with Crippen LogP contribution in [0, 0.1) is 11.2 Å². The van der Waals surface area contributed by atoms with Crippen molar-refractivity contribution in [2.45, 2.75) is 63.2 Å². The van der Waals surface area contributed by atoms with Gasteiger partial charge in [0.2, 0.25) is 10.0 Å². The lowest BCUT2D eigenvalue weighted by atomic mass is 9.69. The second-order valence-corrected chi connectivity index (χ2v) is 15.3. The number of piperidine rings is 2. The van der Waals surface area contributed by atoms with E-state index in [0.717, 1.165) is 42.1 Å². The molecule has 0 unspecified atom stereocenters. The number of fused-ring (bicyclic) bond motifs is 2. The van der Waals surface area contributed by atoms with Gasteiger partial charge in [-0.25, -0.2) is 17.5 Å². The van der Waals surface area contributed by atoms with Gasteiger partial charge in [-0.3, -0.25) is 0 Å². The first-order valence-corrected chi connectivity index (χ1v) is 16.9. The maximum absolute atomic E-state index is 14.0. The molecule has 1 atom stereocenters. The van der Waals surface area contributed by atoms with Crippen molar-refractivity contribution in [3.63, 3.8) is 0 Å². The Hall–Kier alpha value is -2.85. The number of hydrogen-bond donors (Lipinski definition) is 0. The van der Waals surface area contributed by atoms with Gasteiger partial charge in [0.25, 0.3) is 0 Å². The number of rotatable bonds is 8. The van der Waals surface area contributed by atoms with Crippen LogP contribution >= 0.6 is 0 Å². The van der Waals surface area contributed by atoms with Crippen LogP contribution in [0.4, 0.5) is 4.39 Å². The molecule has 2 aliphatic heterocycles. The number of halogens is 1. The minimum Gasteiger partial charge on any atom is -0.379 e. The predicted molar refractivity (Wildman–Crippen MR) is 167 cm³/mol. The lowest BCUT2D eigenvalue weighted by molar-refractivity contribution is 0.0279. The lowest BCUT2D eigenvalue weighted by Crippen LogP contribution is -2.51. The van der Waals surface area contributed by atoms with Crippen molar-refractivity contribution in [2.24, 2.45) is 5.41 Å². The van der Waals surface area contributed by atoms with Gasteiger partial charge in [-0.2, -0.15) is 9.40 Å². The van der Waals surface area contributed by atoms with E-state index in [1.807, 2.05) is 23.0 Å². The first kappa shape index (κ1) is 30.2. The molecular formula is C34H43FN4O3S. The van der Waals surface area contributed by atoms with E-state index in [9.17, 15) is 12.8 Å². The molecule has 2 fully saturated rings. The molecular weight excluding hydrogens is 563 g/mol. The third-order valence-corrected chi connectivity index (χ3v) is 11.2. The predicted octanol–water partition coefficient (Wildman–Crippen LogP) is 5.83. The molecule has 0 spiro atoms. The molecule has 3 aromatic rings. The highest BCUT2D eigenvalue weighted by atomic mass is 32.2. The molecule has 7 nitrogen and oxygen atoms in total. The maximum atomic E-state index is 14.0. The van der Waals surface area contributed by atoms with Crippen LogP contribution in [0.25, 0.3) is 11.8 Å². The molecule has 1 aliphatic carbocycles. The van der Waals surface area contributed by atoms with Crippen molar-refractivity contribution in [1.82, 2.24) is 19.0 Å². The van der Waals surface area contributed by atoms with Crippen molar-refractivity contribution in [2.75, 3.05) is 45.9 Å². The smallest absolute Gasteiger partial charge is 0.243 e. The minimum absolute atomic E-state index is 0.0547. The number of aromatic nitrogens is 2. The average Bonchev–Trinajstić information content (AvgIpc) is 3.40. The van der Waals surface area contributed by atoms with Gasteiger partial charge in [-0.1, -0.05) is 44.9 Å². The maximum Gasteiger partial charge on any atom is 0.243 e. The Kier molecular flexibility index (Phi) is 8.37. The van der Waals surface area contributed by atoms with Crippen molar-refractivity contribution < 1.29 is 17.5 Å². The Morgan fingerprint density at radius 2 is 1.70 bits per heavy atom. The van der Waals surface area contributed by atoms with Crippen molar-refractivity contribution >= 4 is 16.1 Å². The Labute approximate surface area is 255 Å². The monoisotopic (exact) mass is 606 g/mol. The van der Waals surface area contributed by atoms with E-state index in [4.69, 9.17) is 4.74 Å². The summed E-state index contributed by atoms with van der Waals surface area (Å²) in [6, 6.07) is 13.7. The first-order chi connectivity index (χ1) is 20.5. The summed E-state index contributed by atoms with van der Waals surface area (Å²) in [5.41, 5.74) is 4.57. The van der Waals surface area contributed by atoms with Crippen LogP contribution in [-0.4, -0.2) is 73.3 Å². The summed E-state index contributed by atoms with van der Waals surface area (Å²) in [7, 11) is -3.69. The molecule has 3 heterocycles. The van der Waals surface area contributed by atoms with E-state index < -0.39 is 15.4 Å². The largest absolute Gasteiger partial charge is 0.379 e. The quantitative estimate of drug-likeness (QED) is 0.302. The van der Waals surface area contributed by atoms with Crippen molar-refractivity contribution in [3.05, 3.63) is 82.9 Å². The van der Waals surface area contributed by atoms with E-state index >= 15 is 0 Å². The van der Waals surface area contributed by atoms with E-state index in [2.05, 4.69) is 36.8 Å². The number of nitrogens with zero attached hydrogens (tertiary/aromatic N) is 4. The van der Waals surface area contributed by atoms with Crippen LogP contribution in [0.15, 0.2) is 65.2 Å². The molecule has 9 heteroatoms. The van der Waals surface area contributed by atoms with Crippen LogP contribution in [0.5, 0.6) is 0 Å². The molecule has 0 amide bonds. The zero-order chi connectivity index (χ0) is 30.2. The molecule has 0 saturated carbocycles. The third-order valence-electron chi connectivity index (χ3n) is 9.32. The highest BCUT2D eigenvalue weighted by Gasteiger charge is 2.46. The van der Waals surface area contributed by atoms with Gasteiger partial charge in [0.1, 0.15) is 5.82 Å². The van der Waals surface area contributed by atoms with Gasteiger partial charge in [-0.05, 0) is 97.8 Å². The average molecular weight is 607 g/mol. The molecule has 230 valence electrons. The summed E-state index contributed by atoms with van der Waals surface area (Å²) < 4.78 is 51.5. The van der Waals surface area contributed by atoms with Crippen LogP contribution in [0.1, 0.15) is 63.3 Å². The molecule has 6 rings (SSSR count). The highest BCUT2D eigenvalue weighted by Crippen LogP contribution is 2.45. The summed E-state index contributed by atoms with van der Waals surface area (Å²) in [5.74, 6) is -0.287. The zero-order valence-electron chi connectivity index (χ0n) is 25.6. The molecule has 43 heavy (non-hydrogen) atoms. The zero-order valence-corrected chi connectivity index (χ0v) is 26.4. The number of sulfonamides is 1. The molecule has 0 radical (unpaired) electrons. The molecule has 1 aromatic heterocycles. The second kappa shape index (κ2) is 11.9. The fraction of sp³-hybridized carbons (Fsp3) is 0.500. The SMILES string of the molecule is CC(C)(C)c1ccc(S(=O)(=O)N2CCC3=Cc4c(cnn4-c4ccc(F)cc4)C[C@]3(COCCN3CCCCC3)C2)cc1. The van der Waals surface area contributed by atoms with E-state index in [-0.39, 0.29) is 11.2 Å². The van der Waals surface area contributed by atoms with Crippen molar-refractivity contribution in [3.8, 4) is 5.69 Å². The molecule has 3 aliphatic rings. The van der Waals surface area contributed by atoms with E-state index in [1.54, 1.807) is 28.6 Å². The van der Waals surface area contributed by atoms with Gasteiger partial charge in [-0.15, -0.1) is 0 Å². The number of ether oxygens (including phenoxy) is 1. The highest BCUT2D eigenvalue weighted by molar-refractivity contribution is 7.89. The number of likely N-dealkylation sites (tertiary alicyclic amines) is 1. The van der Waals surface area contributed by atoms with E-state index in [1.165, 1.54) is 37.0 Å². The molecule has 2 aromatic carbocycles. The van der Waals surface area contributed by atoms with Gasteiger partial charge in [0.05, 0.1) is 35.7 Å². The summed E-state index contributed by atoms with van der Waals surface area (Å²) in [4.78, 5) is 2.79. The molecule has 2 saturated heterocycles. The van der Waals surface area contributed by atoms with Crippen LogP contribution in [-0.2, 0) is 26.6 Å². The summed E-state index contributed by atoms with van der Waals surface area (Å²) >= 11 is 0. The third kappa shape index (κ3) is 6.23. The fourth-order valence-corrected chi connectivity index (χ4v) is 8.26. The fourth-order valence-electron chi connectivity index (χ4n) is 6.74. The first-order valence-electron chi connectivity index (χ1n) is 15.5. The Morgan fingerprint density at radius 1 is 0.977 bits per heavy atom. The van der Waals surface area contributed by atoms with E-state index in [0.29, 0.717) is 44.0 Å². The van der Waals surface area contributed by atoms with Gasteiger partial charge in [0.15, 0.2) is 0 Å². The Bertz CT molecular complexity index is 1570. The van der Waals surface area contributed by atoms with Gasteiger partial charge >= 0.3 is 0 Å². The summed E-state index contributed by atoms with van der Waals surface area (Å²) in [5, 5.41) is 4.66. The Morgan fingerprint density at radius 3 is 2.40 bits per heavy atom. The molecule has 0 N–H and O–H groups in total. The van der Waals surface area contributed by atoms with Crippen LogP contribution in [0.2, 0.25) is 0 Å². The number of benzene rings is 2. The van der Waals surface area contributed by atoms with Gasteiger partial charge < -0.3 is 9.64 Å². The topological polar surface area (TPSA) is 67.7 Å². The summed E-state index contributed by atoms with van der Waals surface area (Å²) in [6.45, 7) is 11.3. The normalized spacial score (nSPS) is 21.7. The Balaban J connectivity index is 1.27. The van der Waals surface area contributed by atoms with Crippen LogP contribution < -0.4 is 0 Å². The minimum atomic E-state index is -3.69. The second-order valence-electron chi connectivity index (χ2n) is 13.4. The standard InChI is InChI=1S/C34H43FN4O3S/c1-33(2,3)27-7-13-31(14-8-27)43(40,41)38-18-15-28-21-32-26(23-36-39(32)30-11-9-29(35)10-12-30)22-34(28,24-38)25-42-20-19-37-16-5-4-6-17-37/h7-14,21,23H,4-6,15-20,22,24-25H2,1-3H3/t34-/m1/s1. The van der Waals surface area contributed by atoms with Gasteiger partial charge in [0, 0.05) is 25.0 Å². The van der Waals surface area contributed by atoms with Crippen molar-refractivity contribution in [1.29, 1.82) is 0 Å². The van der Waals surface area contributed by atoms with Crippen LogP contribution in [0.3, 0.4) is 0 Å².